The Balaban J connectivity index is 2.88. The summed E-state index contributed by atoms with van der Waals surface area (Å²) in [4.78, 5) is 22.5. The minimum Gasteiger partial charge on any atom is -0.477 e. The van der Waals surface area contributed by atoms with Crippen molar-refractivity contribution >= 4 is 21.6 Å². The molecule has 0 fully saturated rings. The molecule has 1 N–H and O–H groups in total. The van der Waals surface area contributed by atoms with Crippen LogP contribution in [0.2, 0.25) is 0 Å². The fraction of sp³-hybridized carbons (Fsp3) is 0.632. The van der Waals surface area contributed by atoms with Crippen molar-refractivity contribution in [2.24, 2.45) is 0 Å². The summed E-state index contributed by atoms with van der Waals surface area (Å²) in [6, 6.07) is 3.41. The third-order valence-corrected chi connectivity index (χ3v) is 6.52. The van der Waals surface area contributed by atoms with Crippen molar-refractivity contribution in [2.45, 2.75) is 64.3 Å². The van der Waals surface area contributed by atoms with Crippen LogP contribution < -0.4 is 10.1 Å². The minimum atomic E-state index is -3.84. The molecule has 29 heavy (non-hydrogen) atoms. The van der Waals surface area contributed by atoms with E-state index in [1.165, 1.54) is 16.4 Å². The van der Waals surface area contributed by atoms with Crippen molar-refractivity contribution in [3.05, 3.63) is 28.3 Å². The fourth-order valence-electron chi connectivity index (χ4n) is 2.87. The molecule has 10 heteroatoms. The predicted octanol–water partition coefficient (Wildman–Crippen LogP) is 3.09. The third-order valence-electron chi connectivity index (χ3n) is 4.48. The highest BCUT2D eigenvalue weighted by Crippen LogP contribution is 2.30. The maximum atomic E-state index is 12.6. The number of amides is 1. The summed E-state index contributed by atoms with van der Waals surface area (Å²) in [6.45, 7) is 7.49. The van der Waals surface area contributed by atoms with Gasteiger partial charge in [0, 0.05) is 25.2 Å². The maximum absolute atomic E-state index is 12.6. The Morgan fingerprint density at radius 1 is 1.24 bits per heavy atom. The van der Waals surface area contributed by atoms with E-state index in [-0.39, 0.29) is 42.3 Å². The van der Waals surface area contributed by atoms with Crippen molar-refractivity contribution in [3.8, 4) is 5.75 Å². The monoisotopic (exact) mass is 429 g/mol. The molecular formula is C19H31N3O6S. The summed E-state index contributed by atoms with van der Waals surface area (Å²) in [5, 5.41) is 14.2. The van der Waals surface area contributed by atoms with Crippen LogP contribution >= 0.6 is 0 Å². The zero-order valence-electron chi connectivity index (χ0n) is 17.5. The molecule has 0 heterocycles. The van der Waals surface area contributed by atoms with Crippen molar-refractivity contribution in [1.29, 1.82) is 0 Å². The maximum Gasteiger partial charge on any atom is 0.312 e. The van der Waals surface area contributed by atoms with Gasteiger partial charge in [-0.05, 0) is 25.5 Å². The summed E-state index contributed by atoms with van der Waals surface area (Å²) < 4.78 is 31.7. The average Bonchev–Trinajstić information content (AvgIpc) is 2.67. The number of carbonyl (C=O) groups excluding carboxylic acids is 1. The molecule has 0 bridgehead atoms. The van der Waals surface area contributed by atoms with Gasteiger partial charge in [-0.2, -0.15) is 4.31 Å². The van der Waals surface area contributed by atoms with E-state index in [0.717, 1.165) is 31.7 Å². The van der Waals surface area contributed by atoms with E-state index in [1.807, 2.05) is 6.92 Å². The van der Waals surface area contributed by atoms with Gasteiger partial charge in [-0.25, -0.2) is 8.42 Å². The molecule has 1 aromatic carbocycles. The Hall–Kier alpha value is -2.20. The lowest BCUT2D eigenvalue weighted by Crippen LogP contribution is -2.36. The van der Waals surface area contributed by atoms with E-state index in [9.17, 15) is 23.3 Å². The first-order valence-electron chi connectivity index (χ1n) is 9.88. The lowest BCUT2D eigenvalue weighted by molar-refractivity contribution is -0.386. The topological polar surface area (TPSA) is 119 Å². The number of nitro groups is 1. The van der Waals surface area contributed by atoms with Crippen LogP contribution in [0.15, 0.2) is 23.1 Å². The van der Waals surface area contributed by atoms with E-state index < -0.39 is 20.6 Å². The van der Waals surface area contributed by atoms with Crippen LogP contribution in [0, 0.1) is 10.1 Å². The van der Waals surface area contributed by atoms with Crippen molar-refractivity contribution < 1.29 is 22.9 Å². The molecule has 0 aliphatic heterocycles. The number of hydrogen-bond acceptors (Lipinski definition) is 6. The molecule has 0 aliphatic carbocycles. The summed E-state index contributed by atoms with van der Waals surface area (Å²) in [5.41, 5.74) is -0.498. The fourth-order valence-corrected chi connectivity index (χ4v) is 4.35. The van der Waals surface area contributed by atoms with Gasteiger partial charge in [0.2, 0.25) is 10.0 Å². The van der Waals surface area contributed by atoms with Crippen LogP contribution in [0.5, 0.6) is 5.75 Å². The third kappa shape index (κ3) is 7.28. The van der Waals surface area contributed by atoms with Crippen molar-refractivity contribution in [3.63, 3.8) is 0 Å². The summed E-state index contributed by atoms with van der Waals surface area (Å²) >= 11 is 0. The zero-order chi connectivity index (χ0) is 22.0. The van der Waals surface area contributed by atoms with Gasteiger partial charge >= 0.3 is 5.69 Å². The number of sulfonamides is 1. The van der Waals surface area contributed by atoms with Crippen LogP contribution in [-0.2, 0) is 14.8 Å². The van der Waals surface area contributed by atoms with Gasteiger partial charge in [-0.3, -0.25) is 14.9 Å². The average molecular weight is 430 g/mol. The summed E-state index contributed by atoms with van der Waals surface area (Å²) in [6.07, 6.45) is 4.03. The highest BCUT2D eigenvalue weighted by Gasteiger charge is 2.26. The Kier molecular flexibility index (Phi) is 10.0. The SMILES string of the molecule is CCCCCC(C)NC(=O)COc1ccc(S(=O)(=O)N(CC)CC)cc1[N+](=O)[O-]. The molecule has 1 rings (SSSR count). The van der Waals surface area contributed by atoms with Gasteiger partial charge in [0.1, 0.15) is 0 Å². The van der Waals surface area contributed by atoms with Crippen LogP contribution in [0.4, 0.5) is 5.69 Å². The van der Waals surface area contributed by atoms with Gasteiger partial charge in [0.25, 0.3) is 5.91 Å². The number of nitrogens with one attached hydrogen (secondary N) is 1. The molecule has 0 saturated carbocycles. The first-order chi connectivity index (χ1) is 13.7. The standard InChI is InChI=1S/C19H31N3O6S/c1-5-8-9-10-15(4)20-19(23)14-28-18-12-11-16(13-17(18)22(24)25)29(26,27)21(6-2)7-3/h11-13,15H,5-10,14H2,1-4H3,(H,20,23). The first kappa shape index (κ1) is 24.8. The lowest BCUT2D eigenvalue weighted by atomic mass is 10.1. The number of nitro benzene ring substituents is 1. The molecule has 1 atom stereocenters. The van der Waals surface area contributed by atoms with E-state index >= 15 is 0 Å². The van der Waals surface area contributed by atoms with Crippen molar-refractivity contribution in [1.82, 2.24) is 9.62 Å². The second-order valence-corrected chi connectivity index (χ2v) is 8.67. The summed E-state index contributed by atoms with van der Waals surface area (Å²) in [7, 11) is -3.84. The number of carbonyl (C=O) groups is 1. The highest BCUT2D eigenvalue weighted by molar-refractivity contribution is 7.89. The zero-order valence-corrected chi connectivity index (χ0v) is 18.3. The molecule has 1 unspecified atom stereocenters. The molecule has 0 aliphatic rings. The van der Waals surface area contributed by atoms with Gasteiger partial charge in [-0.15, -0.1) is 0 Å². The van der Waals surface area contributed by atoms with Gasteiger partial charge in [0.05, 0.1) is 9.82 Å². The molecule has 0 spiro atoms. The number of nitrogens with zero attached hydrogens (tertiary/aromatic N) is 2. The Morgan fingerprint density at radius 3 is 2.45 bits per heavy atom. The largest absolute Gasteiger partial charge is 0.477 e. The van der Waals surface area contributed by atoms with Crippen LogP contribution in [0.3, 0.4) is 0 Å². The predicted molar refractivity (Wildman–Crippen MR) is 110 cm³/mol. The quantitative estimate of drug-likeness (QED) is 0.292. The molecule has 9 nitrogen and oxygen atoms in total. The van der Waals surface area contributed by atoms with Gasteiger partial charge in [0.15, 0.2) is 12.4 Å². The number of unbranched alkanes of at least 4 members (excludes halogenated alkanes) is 2. The molecule has 1 aromatic rings. The second-order valence-electron chi connectivity index (χ2n) is 6.73. The van der Waals surface area contributed by atoms with E-state index in [1.54, 1.807) is 13.8 Å². The highest BCUT2D eigenvalue weighted by atomic mass is 32.2. The first-order valence-corrected chi connectivity index (χ1v) is 11.3. The Bertz CT molecular complexity index is 793. The minimum absolute atomic E-state index is 0.0192. The second kappa shape index (κ2) is 11.7. The van der Waals surface area contributed by atoms with Crippen LogP contribution in [0.1, 0.15) is 53.4 Å². The molecule has 0 aromatic heterocycles. The molecule has 164 valence electrons. The summed E-state index contributed by atoms with van der Waals surface area (Å²) in [5.74, 6) is -0.537. The number of ether oxygens (including phenoxy) is 1. The molecular weight excluding hydrogens is 398 g/mol. The molecule has 0 radical (unpaired) electrons. The van der Waals surface area contributed by atoms with E-state index in [4.69, 9.17) is 4.74 Å². The Labute approximate surface area is 172 Å². The number of rotatable bonds is 13. The van der Waals surface area contributed by atoms with Crippen LogP contribution in [0.25, 0.3) is 0 Å². The number of benzene rings is 1. The smallest absolute Gasteiger partial charge is 0.312 e. The lowest BCUT2D eigenvalue weighted by Gasteiger charge is -2.18. The van der Waals surface area contributed by atoms with Crippen molar-refractivity contribution in [2.75, 3.05) is 19.7 Å². The van der Waals surface area contributed by atoms with E-state index in [0.29, 0.717) is 0 Å². The molecule has 1 amide bonds. The molecule has 0 saturated heterocycles. The van der Waals surface area contributed by atoms with Gasteiger partial charge in [-0.1, -0.05) is 40.0 Å². The Morgan fingerprint density at radius 2 is 1.90 bits per heavy atom. The van der Waals surface area contributed by atoms with Gasteiger partial charge < -0.3 is 10.1 Å². The normalized spacial score (nSPS) is 12.6. The van der Waals surface area contributed by atoms with Crippen LogP contribution in [-0.4, -0.2) is 49.3 Å². The van der Waals surface area contributed by atoms with E-state index in [2.05, 4.69) is 12.2 Å². The number of hydrogen-bond donors (Lipinski definition) is 1.